The fraction of sp³-hybridized carbons (Fsp3) is 0.179. The van der Waals surface area contributed by atoms with Gasteiger partial charge in [0.2, 0.25) is 6.79 Å². The van der Waals surface area contributed by atoms with Crippen LogP contribution in [0.3, 0.4) is 0 Å². The molecule has 0 saturated carbocycles. The fourth-order valence-electron chi connectivity index (χ4n) is 4.94. The minimum absolute atomic E-state index is 0.137. The Morgan fingerprint density at radius 2 is 1.77 bits per heavy atom. The van der Waals surface area contributed by atoms with Gasteiger partial charge in [0, 0.05) is 28.9 Å². The van der Waals surface area contributed by atoms with Crippen molar-refractivity contribution in [2.75, 3.05) is 26.3 Å². The Morgan fingerprint density at radius 3 is 2.54 bits per heavy atom. The molecule has 0 bridgehead atoms. The number of nitrogens with two attached hydrogens (primary N) is 1. The van der Waals surface area contributed by atoms with E-state index in [1.54, 1.807) is 16.8 Å². The second kappa shape index (κ2) is 9.55. The highest BCUT2D eigenvalue weighted by Gasteiger charge is 2.29. The molecule has 198 valence electrons. The number of benzene rings is 3. The van der Waals surface area contributed by atoms with Gasteiger partial charge in [-0.3, -0.25) is 9.59 Å². The number of carbonyl (C=O) groups excluding carboxylic acids is 2. The number of rotatable bonds is 6. The Morgan fingerprint density at radius 1 is 1.00 bits per heavy atom. The van der Waals surface area contributed by atoms with E-state index in [-0.39, 0.29) is 23.1 Å². The number of anilines is 1. The van der Waals surface area contributed by atoms with Crippen molar-refractivity contribution in [3.05, 3.63) is 75.9 Å². The van der Waals surface area contributed by atoms with E-state index in [0.717, 1.165) is 22.4 Å². The lowest BCUT2D eigenvalue weighted by molar-refractivity contribution is 0.0992. The van der Waals surface area contributed by atoms with Crippen LogP contribution in [0.1, 0.15) is 32.0 Å². The van der Waals surface area contributed by atoms with E-state index < -0.39 is 11.8 Å². The zero-order valence-electron chi connectivity index (χ0n) is 21.0. The highest BCUT2D eigenvalue weighted by atomic mass is 35.5. The molecule has 1 aliphatic heterocycles. The predicted octanol–water partition coefficient (Wildman–Crippen LogP) is 4.39. The van der Waals surface area contributed by atoms with Crippen LogP contribution in [0.15, 0.2) is 48.5 Å². The largest absolute Gasteiger partial charge is 0.493 e. The van der Waals surface area contributed by atoms with Gasteiger partial charge in [-0.2, -0.15) is 5.10 Å². The molecule has 1 aliphatic carbocycles. The van der Waals surface area contributed by atoms with Gasteiger partial charge in [-0.1, -0.05) is 17.7 Å². The number of aromatic nitrogens is 2. The smallest absolute Gasteiger partial charge is 0.269 e. The monoisotopic (exact) mass is 546 g/mol. The van der Waals surface area contributed by atoms with Crippen molar-refractivity contribution in [3.8, 4) is 39.9 Å². The summed E-state index contributed by atoms with van der Waals surface area (Å²) >= 11 is 6.37. The summed E-state index contributed by atoms with van der Waals surface area (Å²) in [5.41, 5.74) is 10.7. The van der Waals surface area contributed by atoms with E-state index >= 15 is 0 Å². The minimum Gasteiger partial charge on any atom is -0.493 e. The van der Waals surface area contributed by atoms with Gasteiger partial charge >= 0.3 is 0 Å². The van der Waals surface area contributed by atoms with Crippen LogP contribution in [0.2, 0.25) is 5.02 Å². The first-order valence-corrected chi connectivity index (χ1v) is 12.4. The molecule has 2 heterocycles. The lowest BCUT2D eigenvalue weighted by atomic mass is 9.88. The molecule has 2 aliphatic rings. The van der Waals surface area contributed by atoms with Crippen molar-refractivity contribution in [2.24, 2.45) is 5.73 Å². The van der Waals surface area contributed by atoms with Gasteiger partial charge in [0.15, 0.2) is 28.7 Å². The number of primary amides is 1. The van der Waals surface area contributed by atoms with Gasteiger partial charge in [-0.15, -0.1) is 0 Å². The summed E-state index contributed by atoms with van der Waals surface area (Å²) < 4.78 is 23.2. The Hall–Kier alpha value is -4.70. The van der Waals surface area contributed by atoms with Crippen molar-refractivity contribution >= 4 is 29.1 Å². The number of aryl methyl sites for hydroxylation is 1. The van der Waals surface area contributed by atoms with Crippen LogP contribution < -0.4 is 30.0 Å². The van der Waals surface area contributed by atoms with Crippen LogP contribution in [0.25, 0.3) is 16.9 Å². The molecule has 4 aromatic rings. The van der Waals surface area contributed by atoms with E-state index in [1.165, 1.54) is 26.4 Å². The van der Waals surface area contributed by atoms with E-state index in [2.05, 4.69) is 10.4 Å². The molecule has 2 amide bonds. The first kappa shape index (κ1) is 24.6. The molecule has 6 rings (SSSR count). The fourth-order valence-corrected chi connectivity index (χ4v) is 5.18. The molecule has 0 saturated heterocycles. The first-order valence-electron chi connectivity index (χ1n) is 12.1. The maximum Gasteiger partial charge on any atom is 0.269 e. The van der Waals surface area contributed by atoms with Crippen LogP contribution in [-0.4, -0.2) is 42.6 Å². The number of methoxy groups -OCH3 is 2. The average Bonchev–Trinajstić information content (AvgIpc) is 3.57. The Bertz CT molecular complexity index is 1660. The molecule has 0 fully saturated rings. The van der Waals surface area contributed by atoms with E-state index in [4.69, 9.17) is 36.3 Å². The van der Waals surface area contributed by atoms with Gasteiger partial charge in [0.25, 0.3) is 11.8 Å². The number of amides is 2. The van der Waals surface area contributed by atoms with Crippen molar-refractivity contribution in [1.29, 1.82) is 0 Å². The topological polar surface area (TPSA) is 127 Å². The van der Waals surface area contributed by atoms with Gasteiger partial charge in [-0.25, -0.2) is 4.68 Å². The highest BCUT2D eigenvalue weighted by molar-refractivity contribution is 6.34. The van der Waals surface area contributed by atoms with Gasteiger partial charge in [0.1, 0.15) is 0 Å². The lowest BCUT2D eigenvalue weighted by Crippen LogP contribution is -2.16. The highest BCUT2D eigenvalue weighted by Crippen LogP contribution is 2.41. The van der Waals surface area contributed by atoms with Crippen LogP contribution in [0.5, 0.6) is 23.0 Å². The maximum atomic E-state index is 13.2. The Balaban J connectivity index is 1.41. The van der Waals surface area contributed by atoms with Crippen molar-refractivity contribution < 1.29 is 28.5 Å². The SMILES string of the molecule is COc1cc(Cl)c(C(=O)Nc2ccc3c(c2)-c2c(c(C(N)=O)nn2-c2ccc4c(c2)OCO4)CC3)cc1OC. The van der Waals surface area contributed by atoms with E-state index in [9.17, 15) is 9.59 Å². The van der Waals surface area contributed by atoms with Crippen LogP contribution in [0.4, 0.5) is 5.69 Å². The minimum atomic E-state index is -0.609. The number of hydrogen-bond acceptors (Lipinski definition) is 7. The molecule has 0 atom stereocenters. The molecule has 39 heavy (non-hydrogen) atoms. The number of halogens is 1. The zero-order valence-corrected chi connectivity index (χ0v) is 21.8. The van der Waals surface area contributed by atoms with Crippen molar-refractivity contribution in [3.63, 3.8) is 0 Å². The number of ether oxygens (including phenoxy) is 4. The molecular weight excluding hydrogens is 524 g/mol. The third-order valence-electron chi connectivity index (χ3n) is 6.80. The predicted molar refractivity (Wildman–Crippen MR) is 144 cm³/mol. The maximum absolute atomic E-state index is 13.2. The number of carbonyl (C=O) groups is 2. The molecule has 3 aromatic carbocycles. The molecule has 0 radical (unpaired) electrons. The molecule has 11 heteroatoms. The van der Waals surface area contributed by atoms with E-state index in [0.29, 0.717) is 47.2 Å². The molecule has 10 nitrogen and oxygen atoms in total. The normalized spacial score (nSPS) is 12.9. The number of nitrogens with one attached hydrogen (secondary N) is 1. The molecule has 0 unspecified atom stereocenters. The number of nitrogens with zero attached hydrogens (tertiary/aromatic N) is 2. The second-order valence-corrected chi connectivity index (χ2v) is 9.41. The Kier molecular flexibility index (Phi) is 6.03. The summed E-state index contributed by atoms with van der Waals surface area (Å²) in [5.74, 6) is 0.993. The number of fused-ring (bicyclic) bond motifs is 4. The summed E-state index contributed by atoms with van der Waals surface area (Å²) in [4.78, 5) is 25.5. The third kappa shape index (κ3) is 4.18. The molecule has 0 spiro atoms. The summed E-state index contributed by atoms with van der Waals surface area (Å²) in [6.07, 6.45) is 1.28. The Labute approximate surface area is 228 Å². The van der Waals surface area contributed by atoms with Crippen LogP contribution in [-0.2, 0) is 12.8 Å². The van der Waals surface area contributed by atoms with Crippen LogP contribution in [0, 0.1) is 0 Å². The standard InChI is InChI=1S/C28H23ClN4O6/c1-36-22-11-19(20(29)12-23(22)37-2)28(35)31-15-5-3-14-4-7-17-25(27(30)34)32-33(26(17)18(14)9-15)16-6-8-21-24(10-16)39-13-38-21/h3,5-6,8-12H,4,7,13H2,1-2H3,(H2,30,34)(H,31,35). The van der Waals surface area contributed by atoms with E-state index in [1.807, 2.05) is 24.3 Å². The summed E-state index contributed by atoms with van der Waals surface area (Å²) in [6, 6.07) is 14.1. The van der Waals surface area contributed by atoms with Crippen molar-refractivity contribution in [1.82, 2.24) is 9.78 Å². The summed E-state index contributed by atoms with van der Waals surface area (Å²) in [7, 11) is 2.98. The second-order valence-electron chi connectivity index (χ2n) is 9.00. The van der Waals surface area contributed by atoms with Gasteiger partial charge in [-0.05, 0) is 48.7 Å². The molecule has 3 N–H and O–H groups in total. The summed E-state index contributed by atoms with van der Waals surface area (Å²) in [5, 5.41) is 7.72. The molecule has 1 aromatic heterocycles. The van der Waals surface area contributed by atoms with Crippen molar-refractivity contribution in [2.45, 2.75) is 12.8 Å². The summed E-state index contributed by atoms with van der Waals surface area (Å²) in [6.45, 7) is 0.137. The average molecular weight is 547 g/mol. The van der Waals surface area contributed by atoms with Gasteiger partial charge in [0.05, 0.1) is 36.2 Å². The van der Waals surface area contributed by atoms with Gasteiger partial charge < -0.3 is 30.0 Å². The zero-order chi connectivity index (χ0) is 27.3. The first-order chi connectivity index (χ1) is 18.9. The molecular formula is C28H23ClN4O6. The third-order valence-corrected chi connectivity index (χ3v) is 7.12. The van der Waals surface area contributed by atoms with Crippen LogP contribution >= 0.6 is 11.6 Å². The lowest BCUT2D eigenvalue weighted by Gasteiger charge is -2.20. The number of hydrogen-bond donors (Lipinski definition) is 2. The quantitative estimate of drug-likeness (QED) is 0.367.